The first-order chi connectivity index (χ1) is 6.18. The third kappa shape index (κ3) is 6.16. The number of rotatable bonds is 8. The van der Waals surface area contributed by atoms with Crippen molar-refractivity contribution in [1.82, 2.24) is 0 Å². The van der Waals surface area contributed by atoms with Gasteiger partial charge in [0.05, 0.1) is 19.8 Å². The summed E-state index contributed by atoms with van der Waals surface area (Å²) in [6, 6.07) is 0. The SMILES string of the molecule is CCOP(=O)(COCCF)OCC. The summed E-state index contributed by atoms with van der Waals surface area (Å²) in [4.78, 5) is 0. The molecule has 0 aromatic heterocycles. The van der Waals surface area contributed by atoms with Gasteiger partial charge >= 0.3 is 7.60 Å². The van der Waals surface area contributed by atoms with Gasteiger partial charge < -0.3 is 13.8 Å². The van der Waals surface area contributed by atoms with Crippen LogP contribution in [0, 0.1) is 0 Å². The highest BCUT2D eigenvalue weighted by Crippen LogP contribution is 2.47. The average Bonchev–Trinajstić information content (AvgIpc) is 2.05. The highest BCUT2D eigenvalue weighted by Gasteiger charge is 2.23. The van der Waals surface area contributed by atoms with Crippen LogP contribution in [-0.2, 0) is 18.3 Å². The summed E-state index contributed by atoms with van der Waals surface area (Å²) >= 11 is 0. The standard InChI is InChI=1S/C7H16FO4P/c1-3-11-13(9,12-4-2)7-10-6-5-8/h3-7H2,1-2H3. The van der Waals surface area contributed by atoms with E-state index in [4.69, 9.17) is 13.8 Å². The molecule has 6 heteroatoms. The molecule has 4 nitrogen and oxygen atoms in total. The highest BCUT2D eigenvalue weighted by atomic mass is 31.2. The molecule has 0 radical (unpaired) electrons. The Morgan fingerprint density at radius 1 is 1.23 bits per heavy atom. The summed E-state index contributed by atoms with van der Waals surface area (Å²) in [5, 5.41) is 0. The second-order valence-corrected chi connectivity index (χ2v) is 4.17. The predicted octanol–water partition coefficient (Wildman–Crippen LogP) is 2.20. The Labute approximate surface area is 77.9 Å². The third-order valence-electron chi connectivity index (χ3n) is 1.12. The van der Waals surface area contributed by atoms with Crippen molar-refractivity contribution >= 4 is 7.60 Å². The quantitative estimate of drug-likeness (QED) is 0.459. The lowest BCUT2D eigenvalue weighted by atomic mass is 10.8. The number of halogens is 1. The van der Waals surface area contributed by atoms with E-state index in [9.17, 15) is 8.96 Å². The van der Waals surface area contributed by atoms with Crippen molar-refractivity contribution < 1.29 is 22.7 Å². The van der Waals surface area contributed by atoms with Gasteiger partial charge in [-0.2, -0.15) is 0 Å². The molecule has 0 aliphatic heterocycles. The van der Waals surface area contributed by atoms with Crippen LogP contribution in [0.1, 0.15) is 13.8 Å². The van der Waals surface area contributed by atoms with E-state index < -0.39 is 14.3 Å². The van der Waals surface area contributed by atoms with Gasteiger partial charge in [0.1, 0.15) is 13.0 Å². The van der Waals surface area contributed by atoms with E-state index in [0.717, 1.165) is 0 Å². The monoisotopic (exact) mass is 214 g/mol. The van der Waals surface area contributed by atoms with Crippen molar-refractivity contribution in [3.8, 4) is 0 Å². The maximum Gasteiger partial charge on any atom is 0.356 e. The summed E-state index contributed by atoms with van der Waals surface area (Å²) in [5.74, 6) is 0. The van der Waals surface area contributed by atoms with E-state index in [2.05, 4.69) is 0 Å². The van der Waals surface area contributed by atoms with Gasteiger partial charge in [-0.3, -0.25) is 4.57 Å². The first kappa shape index (κ1) is 13.0. The molecule has 0 N–H and O–H groups in total. The van der Waals surface area contributed by atoms with Crippen molar-refractivity contribution in [3.05, 3.63) is 0 Å². The smallest absolute Gasteiger partial charge is 0.356 e. The van der Waals surface area contributed by atoms with Crippen molar-refractivity contribution in [1.29, 1.82) is 0 Å². The summed E-state index contributed by atoms with van der Waals surface area (Å²) in [6.07, 6.45) is -0.182. The number of hydrogen-bond acceptors (Lipinski definition) is 4. The normalized spacial score (nSPS) is 11.9. The molecule has 0 saturated heterocycles. The lowest BCUT2D eigenvalue weighted by Gasteiger charge is -2.16. The number of alkyl halides is 1. The fourth-order valence-electron chi connectivity index (χ4n) is 0.736. The van der Waals surface area contributed by atoms with Crippen LogP contribution >= 0.6 is 7.60 Å². The highest BCUT2D eigenvalue weighted by molar-refractivity contribution is 7.53. The van der Waals surface area contributed by atoms with Gasteiger partial charge in [-0.05, 0) is 13.8 Å². The molecule has 0 saturated carbocycles. The summed E-state index contributed by atoms with van der Waals surface area (Å²) in [7, 11) is -3.14. The Balaban J connectivity index is 3.85. The summed E-state index contributed by atoms with van der Waals surface area (Å²) < 4.78 is 37.8. The molecule has 0 rings (SSSR count). The van der Waals surface area contributed by atoms with E-state index in [1.807, 2.05) is 0 Å². The molecule has 0 aliphatic rings. The Bertz CT molecular complexity index is 155. The molecule has 0 aromatic carbocycles. The van der Waals surface area contributed by atoms with Crippen molar-refractivity contribution in [2.75, 3.05) is 32.8 Å². The van der Waals surface area contributed by atoms with Crippen LogP contribution in [0.15, 0.2) is 0 Å². The zero-order chi connectivity index (χ0) is 10.2. The third-order valence-corrected chi connectivity index (χ3v) is 2.92. The molecular formula is C7H16FO4P. The number of ether oxygens (including phenoxy) is 1. The average molecular weight is 214 g/mol. The Kier molecular flexibility index (Phi) is 7.47. The van der Waals surface area contributed by atoms with E-state index in [1.165, 1.54) is 0 Å². The molecule has 0 aromatic rings. The zero-order valence-electron chi connectivity index (χ0n) is 7.99. The van der Waals surface area contributed by atoms with Crippen molar-refractivity contribution in [2.45, 2.75) is 13.8 Å². The minimum atomic E-state index is -3.14. The molecule has 0 bridgehead atoms. The lowest BCUT2D eigenvalue weighted by molar-refractivity contribution is 0.121. The van der Waals surface area contributed by atoms with E-state index >= 15 is 0 Å². The van der Waals surface area contributed by atoms with Crippen LogP contribution in [0.4, 0.5) is 4.39 Å². The molecule has 13 heavy (non-hydrogen) atoms. The molecular weight excluding hydrogens is 198 g/mol. The molecule has 0 heterocycles. The van der Waals surface area contributed by atoms with Crippen LogP contribution < -0.4 is 0 Å². The molecule has 0 aliphatic carbocycles. The molecule has 0 fully saturated rings. The predicted molar refractivity (Wildman–Crippen MR) is 47.7 cm³/mol. The van der Waals surface area contributed by atoms with E-state index in [0.29, 0.717) is 0 Å². The van der Waals surface area contributed by atoms with Gasteiger partial charge in [0.15, 0.2) is 0 Å². The molecule has 0 amide bonds. The van der Waals surface area contributed by atoms with Crippen LogP contribution in [0.5, 0.6) is 0 Å². The maximum absolute atomic E-state index is 11.6. The second kappa shape index (κ2) is 7.44. The number of hydrogen-bond donors (Lipinski definition) is 0. The van der Waals surface area contributed by atoms with Gasteiger partial charge in [-0.1, -0.05) is 0 Å². The van der Waals surface area contributed by atoms with E-state index in [-0.39, 0.29) is 26.2 Å². The second-order valence-electron chi connectivity index (χ2n) is 2.17. The van der Waals surface area contributed by atoms with Crippen LogP contribution in [0.25, 0.3) is 0 Å². The Morgan fingerprint density at radius 2 is 1.77 bits per heavy atom. The zero-order valence-corrected chi connectivity index (χ0v) is 8.89. The van der Waals surface area contributed by atoms with Gasteiger partial charge in [-0.25, -0.2) is 4.39 Å². The van der Waals surface area contributed by atoms with Crippen molar-refractivity contribution in [2.24, 2.45) is 0 Å². The fraction of sp³-hybridized carbons (Fsp3) is 1.00. The van der Waals surface area contributed by atoms with Gasteiger partial charge in [0.2, 0.25) is 0 Å². The minimum Gasteiger partial charge on any atom is -0.366 e. The summed E-state index contributed by atoms with van der Waals surface area (Å²) in [6.45, 7) is 3.32. The Hall–Kier alpha value is 0.0400. The fourth-order valence-corrected chi connectivity index (χ4v) is 2.10. The van der Waals surface area contributed by atoms with E-state index in [1.54, 1.807) is 13.8 Å². The van der Waals surface area contributed by atoms with Gasteiger partial charge in [0, 0.05) is 0 Å². The van der Waals surface area contributed by atoms with Crippen LogP contribution in [0.3, 0.4) is 0 Å². The Morgan fingerprint density at radius 3 is 2.15 bits per heavy atom. The molecule has 80 valence electrons. The van der Waals surface area contributed by atoms with Crippen LogP contribution in [-0.4, -0.2) is 32.8 Å². The van der Waals surface area contributed by atoms with Gasteiger partial charge in [0.25, 0.3) is 0 Å². The van der Waals surface area contributed by atoms with Crippen LogP contribution in [0.2, 0.25) is 0 Å². The minimum absolute atomic E-state index is 0.0792. The summed E-state index contributed by atoms with van der Waals surface area (Å²) in [5.41, 5.74) is 0. The first-order valence-corrected chi connectivity index (χ1v) is 5.93. The first-order valence-electron chi connectivity index (χ1n) is 4.20. The maximum atomic E-state index is 11.6. The lowest BCUT2D eigenvalue weighted by Crippen LogP contribution is -2.05. The largest absolute Gasteiger partial charge is 0.366 e. The van der Waals surface area contributed by atoms with Crippen molar-refractivity contribution in [3.63, 3.8) is 0 Å². The molecule has 0 unspecified atom stereocenters. The van der Waals surface area contributed by atoms with Gasteiger partial charge in [-0.15, -0.1) is 0 Å². The molecule has 0 spiro atoms. The topological polar surface area (TPSA) is 44.8 Å². The molecule has 0 atom stereocenters.